The third kappa shape index (κ3) is 2.01. The smallest absolute Gasteiger partial charge is 0.133 e. The first kappa shape index (κ1) is 12.5. The Morgan fingerprint density at radius 1 is 1.19 bits per heavy atom. The molecule has 3 nitrogen and oxygen atoms in total. The van der Waals surface area contributed by atoms with Crippen LogP contribution in [0.3, 0.4) is 0 Å². The van der Waals surface area contributed by atoms with E-state index in [4.69, 9.17) is 14.9 Å². The lowest BCUT2D eigenvalue weighted by molar-refractivity contribution is 0.242. The van der Waals surface area contributed by atoms with Gasteiger partial charge in [0.25, 0.3) is 0 Å². The lowest BCUT2D eigenvalue weighted by Gasteiger charge is -2.12. The van der Waals surface area contributed by atoms with Crippen molar-refractivity contribution in [2.24, 2.45) is 5.73 Å². The molecule has 2 heterocycles. The lowest BCUT2D eigenvalue weighted by Crippen LogP contribution is -2.24. The molecule has 0 radical (unpaired) electrons. The lowest BCUT2D eigenvalue weighted by atomic mass is 9.97. The van der Waals surface area contributed by atoms with Gasteiger partial charge in [-0.05, 0) is 47.9 Å². The van der Waals surface area contributed by atoms with Crippen LogP contribution in [0.15, 0.2) is 47.1 Å². The van der Waals surface area contributed by atoms with Gasteiger partial charge in [-0.2, -0.15) is 0 Å². The number of fused-ring (bicyclic) bond motifs is 2. The van der Waals surface area contributed by atoms with Crippen LogP contribution in [-0.4, -0.2) is 12.6 Å². The summed E-state index contributed by atoms with van der Waals surface area (Å²) in [5.74, 6) is 0.985. The zero-order valence-electron chi connectivity index (χ0n) is 11.9. The van der Waals surface area contributed by atoms with Crippen molar-refractivity contribution in [1.82, 2.24) is 0 Å². The highest BCUT2D eigenvalue weighted by molar-refractivity contribution is 5.85. The summed E-state index contributed by atoms with van der Waals surface area (Å²) in [6.07, 6.45) is 2.71. The zero-order chi connectivity index (χ0) is 14.4. The van der Waals surface area contributed by atoms with Gasteiger partial charge in [-0.25, -0.2) is 0 Å². The highest BCUT2D eigenvalue weighted by atomic mass is 16.5. The van der Waals surface area contributed by atoms with Crippen LogP contribution in [0.5, 0.6) is 5.75 Å². The van der Waals surface area contributed by atoms with E-state index in [1.165, 1.54) is 11.1 Å². The summed E-state index contributed by atoms with van der Waals surface area (Å²) in [5.41, 5.74) is 11.5. The van der Waals surface area contributed by atoms with E-state index in [-0.39, 0.29) is 6.10 Å². The Morgan fingerprint density at radius 3 is 2.95 bits per heavy atom. The average molecular weight is 279 g/mol. The van der Waals surface area contributed by atoms with Gasteiger partial charge in [0.2, 0.25) is 0 Å². The Hall–Kier alpha value is -2.26. The summed E-state index contributed by atoms with van der Waals surface area (Å²) < 4.78 is 11.5. The highest BCUT2D eigenvalue weighted by Gasteiger charge is 2.25. The van der Waals surface area contributed by atoms with Gasteiger partial charge in [-0.3, -0.25) is 0 Å². The number of aryl methyl sites for hydroxylation is 1. The number of hydrogen-bond acceptors (Lipinski definition) is 3. The maximum Gasteiger partial charge on any atom is 0.133 e. The van der Waals surface area contributed by atoms with Crippen molar-refractivity contribution in [2.75, 3.05) is 6.54 Å². The first-order chi connectivity index (χ1) is 10.2. The summed E-state index contributed by atoms with van der Waals surface area (Å²) in [7, 11) is 0. The van der Waals surface area contributed by atoms with Gasteiger partial charge in [0.15, 0.2) is 0 Å². The fourth-order valence-corrected chi connectivity index (χ4v) is 3.07. The van der Waals surface area contributed by atoms with Gasteiger partial charge in [0.1, 0.15) is 17.4 Å². The molecule has 1 atom stereocenters. The van der Waals surface area contributed by atoms with E-state index >= 15 is 0 Å². The molecule has 1 aromatic heterocycles. The molecule has 1 aliphatic rings. The Morgan fingerprint density at radius 2 is 2.10 bits per heavy atom. The van der Waals surface area contributed by atoms with Crippen molar-refractivity contribution in [3.8, 4) is 16.9 Å². The number of rotatable bonds is 2. The minimum absolute atomic E-state index is 0.0956. The summed E-state index contributed by atoms with van der Waals surface area (Å²) in [4.78, 5) is 0. The van der Waals surface area contributed by atoms with E-state index in [1.807, 2.05) is 12.1 Å². The quantitative estimate of drug-likeness (QED) is 0.778. The van der Waals surface area contributed by atoms with E-state index in [0.717, 1.165) is 34.3 Å². The van der Waals surface area contributed by atoms with Crippen LogP contribution < -0.4 is 10.5 Å². The van der Waals surface area contributed by atoms with Gasteiger partial charge < -0.3 is 14.9 Å². The van der Waals surface area contributed by atoms with E-state index in [1.54, 1.807) is 6.26 Å². The summed E-state index contributed by atoms with van der Waals surface area (Å²) in [5, 5.41) is 1.11. The minimum Gasteiger partial charge on any atom is -0.488 e. The molecule has 21 heavy (non-hydrogen) atoms. The van der Waals surface area contributed by atoms with Crippen molar-refractivity contribution in [3.05, 3.63) is 53.8 Å². The van der Waals surface area contributed by atoms with Crippen LogP contribution in [0.2, 0.25) is 0 Å². The topological polar surface area (TPSA) is 48.4 Å². The third-order valence-electron chi connectivity index (χ3n) is 4.07. The van der Waals surface area contributed by atoms with Gasteiger partial charge >= 0.3 is 0 Å². The fraction of sp³-hybridized carbons (Fsp3) is 0.222. The highest BCUT2D eigenvalue weighted by Crippen LogP contribution is 2.40. The minimum atomic E-state index is 0.0956. The van der Waals surface area contributed by atoms with Crippen LogP contribution in [0.25, 0.3) is 22.1 Å². The molecule has 1 unspecified atom stereocenters. The fourth-order valence-electron chi connectivity index (χ4n) is 3.07. The Balaban J connectivity index is 1.88. The Labute approximate surface area is 123 Å². The molecule has 2 N–H and O–H groups in total. The molecule has 3 aromatic rings. The molecule has 0 amide bonds. The van der Waals surface area contributed by atoms with Crippen molar-refractivity contribution in [2.45, 2.75) is 19.4 Å². The zero-order valence-corrected chi connectivity index (χ0v) is 11.9. The standard InChI is InChI=1S/C18H17NO2/c1-11-6-14-9-15(10-19)21-18(14)16(7-11)12-2-3-17-13(8-12)4-5-20-17/h2-8,15H,9-10,19H2,1H3. The van der Waals surface area contributed by atoms with Gasteiger partial charge in [-0.1, -0.05) is 12.1 Å². The molecular weight excluding hydrogens is 262 g/mol. The molecule has 106 valence electrons. The summed E-state index contributed by atoms with van der Waals surface area (Å²) in [6, 6.07) is 12.6. The molecule has 0 aliphatic carbocycles. The summed E-state index contributed by atoms with van der Waals surface area (Å²) in [6.45, 7) is 2.67. The number of nitrogens with two attached hydrogens (primary N) is 1. The molecular formula is C18H17NO2. The molecule has 1 aliphatic heterocycles. The van der Waals surface area contributed by atoms with Crippen LogP contribution in [0.4, 0.5) is 0 Å². The Kier molecular flexibility index (Phi) is 2.76. The van der Waals surface area contributed by atoms with Crippen molar-refractivity contribution >= 4 is 11.0 Å². The molecule has 0 saturated carbocycles. The largest absolute Gasteiger partial charge is 0.488 e. The molecule has 3 heteroatoms. The SMILES string of the molecule is Cc1cc2c(c(-c3ccc4occc4c3)c1)OC(CN)C2. The molecule has 0 spiro atoms. The summed E-state index contributed by atoms with van der Waals surface area (Å²) >= 11 is 0. The molecule has 0 bridgehead atoms. The Bertz CT molecular complexity index is 819. The molecule has 0 saturated heterocycles. The van der Waals surface area contributed by atoms with E-state index in [9.17, 15) is 0 Å². The van der Waals surface area contributed by atoms with E-state index < -0.39 is 0 Å². The van der Waals surface area contributed by atoms with Crippen LogP contribution in [0, 0.1) is 6.92 Å². The average Bonchev–Trinajstić information content (AvgIpc) is 3.11. The number of furan rings is 1. The monoisotopic (exact) mass is 279 g/mol. The first-order valence-electron chi connectivity index (χ1n) is 7.22. The normalized spacial score (nSPS) is 17.0. The van der Waals surface area contributed by atoms with Crippen molar-refractivity contribution < 1.29 is 9.15 Å². The van der Waals surface area contributed by atoms with Crippen LogP contribution in [0.1, 0.15) is 11.1 Å². The second kappa shape index (κ2) is 4.64. The van der Waals surface area contributed by atoms with Gasteiger partial charge in [0.05, 0.1) is 6.26 Å². The number of hydrogen-bond donors (Lipinski definition) is 1. The van der Waals surface area contributed by atoms with Crippen molar-refractivity contribution in [3.63, 3.8) is 0 Å². The van der Waals surface area contributed by atoms with Crippen LogP contribution >= 0.6 is 0 Å². The number of benzene rings is 2. The van der Waals surface area contributed by atoms with E-state index in [0.29, 0.717) is 6.54 Å². The maximum atomic E-state index is 6.04. The number of ether oxygens (including phenoxy) is 1. The predicted octanol–water partition coefficient (Wildman–Crippen LogP) is 3.67. The molecule has 2 aromatic carbocycles. The maximum absolute atomic E-state index is 6.04. The first-order valence-corrected chi connectivity index (χ1v) is 7.22. The second-order valence-electron chi connectivity index (χ2n) is 5.65. The van der Waals surface area contributed by atoms with Crippen LogP contribution in [-0.2, 0) is 6.42 Å². The van der Waals surface area contributed by atoms with Gasteiger partial charge in [-0.15, -0.1) is 0 Å². The third-order valence-corrected chi connectivity index (χ3v) is 4.07. The second-order valence-corrected chi connectivity index (χ2v) is 5.65. The molecule has 0 fully saturated rings. The molecule has 4 rings (SSSR count). The van der Waals surface area contributed by atoms with E-state index in [2.05, 4.69) is 31.2 Å². The van der Waals surface area contributed by atoms with Gasteiger partial charge in [0, 0.05) is 23.9 Å². The predicted molar refractivity (Wildman–Crippen MR) is 83.6 cm³/mol. The van der Waals surface area contributed by atoms with Crippen molar-refractivity contribution in [1.29, 1.82) is 0 Å².